The first-order valence-corrected chi connectivity index (χ1v) is 8.22. The second kappa shape index (κ2) is 7.21. The molecule has 3 aromatic rings. The van der Waals surface area contributed by atoms with Crippen molar-refractivity contribution in [3.63, 3.8) is 0 Å². The molecular formula is C20H22N2O2. The molecule has 0 atom stereocenters. The molecule has 1 N–H and O–H groups in total. The zero-order chi connectivity index (χ0) is 16.9. The number of anilines is 1. The van der Waals surface area contributed by atoms with Gasteiger partial charge in [-0.1, -0.05) is 24.3 Å². The summed E-state index contributed by atoms with van der Waals surface area (Å²) < 4.78 is 6.98. The number of nitrogens with zero attached hydrogens (tertiary/aromatic N) is 1. The van der Waals surface area contributed by atoms with E-state index < -0.39 is 0 Å². The van der Waals surface area contributed by atoms with E-state index in [9.17, 15) is 4.79 Å². The van der Waals surface area contributed by atoms with Crippen molar-refractivity contribution in [1.29, 1.82) is 0 Å². The van der Waals surface area contributed by atoms with Crippen LogP contribution >= 0.6 is 0 Å². The van der Waals surface area contributed by atoms with Gasteiger partial charge >= 0.3 is 0 Å². The highest BCUT2D eigenvalue weighted by atomic mass is 16.5. The lowest BCUT2D eigenvalue weighted by Gasteiger charge is -2.13. The standard InChI is InChI=1S/C12H13NO2.C8H9N/c1-3-13-11(14)8-7-9-5-4-6-10(15-2)12(9)13;1-2-7-4-5-9-8(3-1)6-7/h4-8H,3H2,1-2H3;1-3,6,9H,4-5H2. The first-order chi connectivity index (χ1) is 11.7. The van der Waals surface area contributed by atoms with E-state index in [0.717, 1.165) is 23.2 Å². The summed E-state index contributed by atoms with van der Waals surface area (Å²) in [6.07, 6.45) is 1.17. The Morgan fingerprint density at radius 3 is 2.67 bits per heavy atom. The van der Waals surface area contributed by atoms with Gasteiger partial charge < -0.3 is 14.6 Å². The highest BCUT2D eigenvalue weighted by Crippen LogP contribution is 2.23. The Hall–Kier alpha value is -2.75. The monoisotopic (exact) mass is 322 g/mol. The van der Waals surface area contributed by atoms with Crippen molar-refractivity contribution >= 4 is 16.6 Å². The molecule has 0 fully saturated rings. The number of hydrogen-bond donors (Lipinski definition) is 1. The molecule has 0 spiro atoms. The Bertz CT molecular complexity index is 880. The molecule has 0 aliphatic carbocycles. The van der Waals surface area contributed by atoms with Gasteiger partial charge in [0, 0.05) is 30.2 Å². The van der Waals surface area contributed by atoms with Crippen LogP contribution in [0, 0.1) is 0 Å². The van der Waals surface area contributed by atoms with Gasteiger partial charge in [0.05, 0.1) is 12.6 Å². The molecule has 4 nitrogen and oxygen atoms in total. The lowest BCUT2D eigenvalue weighted by atomic mass is 10.1. The molecule has 24 heavy (non-hydrogen) atoms. The molecule has 0 radical (unpaired) electrons. The van der Waals surface area contributed by atoms with Crippen LogP contribution in [-0.2, 0) is 13.0 Å². The number of methoxy groups -OCH3 is 1. The summed E-state index contributed by atoms with van der Waals surface area (Å²) in [5.41, 5.74) is 3.59. The van der Waals surface area contributed by atoms with E-state index in [-0.39, 0.29) is 5.56 Å². The van der Waals surface area contributed by atoms with Crippen LogP contribution in [-0.4, -0.2) is 18.2 Å². The minimum absolute atomic E-state index is 0.00880. The van der Waals surface area contributed by atoms with Gasteiger partial charge in [0.15, 0.2) is 0 Å². The number of ether oxygens (including phenoxy) is 1. The van der Waals surface area contributed by atoms with E-state index in [1.54, 1.807) is 17.7 Å². The highest BCUT2D eigenvalue weighted by molar-refractivity contribution is 5.84. The van der Waals surface area contributed by atoms with Crippen LogP contribution in [0.3, 0.4) is 0 Å². The molecule has 0 amide bonds. The molecule has 2 heterocycles. The van der Waals surface area contributed by atoms with Gasteiger partial charge in [-0.25, -0.2) is 0 Å². The molecule has 4 heteroatoms. The zero-order valence-corrected chi connectivity index (χ0v) is 14.1. The first-order valence-electron chi connectivity index (χ1n) is 8.22. The third kappa shape index (κ3) is 3.27. The Kier molecular flexibility index (Phi) is 4.85. The van der Waals surface area contributed by atoms with E-state index >= 15 is 0 Å². The van der Waals surface area contributed by atoms with Gasteiger partial charge in [0.1, 0.15) is 5.75 Å². The fourth-order valence-electron chi connectivity index (χ4n) is 2.99. The van der Waals surface area contributed by atoms with E-state index in [1.165, 1.54) is 17.7 Å². The average molecular weight is 322 g/mol. The van der Waals surface area contributed by atoms with Gasteiger partial charge in [-0.15, -0.1) is 0 Å². The smallest absolute Gasteiger partial charge is 0.251 e. The molecule has 2 aromatic carbocycles. The maximum atomic E-state index is 11.6. The predicted molar refractivity (Wildman–Crippen MR) is 99.1 cm³/mol. The Balaban J connectivity index is 0.000000159. The van der Waals surface area contributed by atoms with Gasteiger partial charge in [0.2, 0.25) is 0 Å². The zero-order valence-electron chi connectivity index (χ0n) is 14.1. The van der Waals surface area contributed by atoms with E-state index in [1.807, 2.05) is 31.2 Å². The number of nitrogens with one attached hydrogen (secondary N) is 1. The normalized spacial score (nSPS) is 12.1. The van der Waals surface area contributed by atoms with Crippen LogP contribution in [0.25, 0.3) is 10.9 Å². The van der Waals surface area contributed by atoms with Crippen molar-refractivity contribution in [3.05, 3.63) is 70.5 Å². The number of benzene rings is 2. The maximum Gasteiger partial charge on any atom is 0.251 e. The summed E-state index contributed by atoms with van der Waals surface area (Å²) >= 11 is 0. The van der Waals surface area contributed by atoms with Crippen LogP contribution in [0.5, 0.6) is 5.75 Å². The van der Waals surface area contributed by atoms with E-state index in [2.05, 4.69) is 29.6 Å². The fraction of sp³-hybridized carbons (Fsp3) is 0.250. The third-order valence-corrected chi connectivity index (χ3v) is 4.18. The second-order valence-electron chi connectivity index (χ2n) is 5.69. The van der Waals surface area contributed by atoms with Gasteiger partial charge in [-0.2, -0.15) is 0 Å². The average Bonchev–Trinajstić information content (AvgIpc) is 2.62. The van der Waals surface area contributed by atoms with Crippen LogP contribution in [0.15, 0.2) is 59.4 Å². The Morgan fingerprint density at radius 2 is 1.96 bits per heavy atom. The first kappa shape index (κ1) is 16.1. The van der Waals surface area contributed by atoms with Crippen LogP contribution < -0.4 is 15.6 Å². The molecular weight excluding hydrogens is 300 g/mol. The summed E-state index contributed by atoms with van der Waals surface area (Å²) in [5, 5.41) is 4.31. The summed E-state index contributed by atoms with van der Waals surface area (Å²) in [4.78, 5) is 11.6. The Morgan fingerprint density at radius 1 is 1.12 bits per heavy atom. The summed E-state index contributed by atoms with van der Waals surface area (Å²) in [6, 6.07) is 17.7. The lowest BCUT2D eigenvalue weighted by Crippen LogP contribution is -2.18. The molecule has 4 rings (SSSR count). The highest BCUT2D eigenvalue weighted by Gasteiger charge is 2.06. The number of pyridine rings is 1. The quantitative estimate of drug-likeness (QED) is 0.782. The van der Waals surface area contributed by atoms with Crippen LogP contribution in [0.2, 0.25) is 0 Å². The number of fused-ring (bicyclic) bond motifs is 3. The van der Waals surface area contributed by atoms with Crippen molar-refractivity contribution < 1.29 is 4.74 Å². The van der Waals surface area contributed by atoms with Crippen molar-refractivity contribution in [2.75, 3.05) is 19.0 Å². The second-order valence-corrected chi connectivity index (χ2v) is 5.69. The predicted octanol–water partition coefficient (Wildman–Crippen LogP) is 3.68. The minimum Gasteiger partial charge on any atom is -0.495 e. The molecule has 1 aromatic heterocycles. The summed E-state index contributed by atoms with van der Waals surface area (Å²) in [6.45, 7) is 3.70. The Labute approximate surface area is 141 Å². The molecule has 0 saturated carbocycles. The third-order valence-electron chi connectivity index (χ3n) is 4.18. The van der Waals surface area contributed by atoms with Crippen LogP contribution in [0.1, 0.15) is 12.5 Å². The van der Waals surface area contributed by atoms with Crippen molar-refractivity contribution in [2.45, 2.75) is 19.9 Å². The molecule has 1 aliphatic rings. The molecule has 2 bridgehead atoms. The SMILES string of the molecule is CCn1c(=O)ccc2cccc(OC)c21.c1cc2cc(c1)NCC2. The number of hydrogen-bond acceptors (Lipinski definition) is 3. The van der Waals surface area contributed by atoms with Crippen molar-refractivity contribution in [1.82, 2.24) is 4.57 Å². The molecule has 1 aliphatic heterocycles. The number of para-hydroxylation sites is 1. The van der Waals surface area contributed by atoms with Gasteiger partial charge in [-0.05, 0) is 43.2 Å². The van der Waals surface area contributed by atoms with Crippen molar-refractivity contribution in [3.8, 4) is 5.75 Å². The maximum absolute atomic E-state index is 11.6. The number of aryl methyl sites for hydroxylation is 1. The van der Waals surface area contributed by atoms with Crippen molar-refractivity contribution in [2.24, 2.45) is 0 Å². The topological polar surface area (TPSA) is 43.3 Å². The summed E-state index contributed by atoms with van der Waals surface area (Å²) in [7, 11) is 1.62. The van der Waals surface area contributed by atoms with Gasteiger partial charge in [-0.3, -0.25) is 4.79 Å². The largest absolute Gasteiger partial charge is 0.495 e. The number of rotatable bonds is 2. The fourth-order valence-corrected chi connectivity index (χ4v) is 2.99. The van der Waals surface area contributed by atoms with Crippen LogP contribution in [0.4, 0.5) is 5.69 Å². The number of aromatic nitrogens is 1. The minimum atomic E-state index is 0.00880. The molecule has 124 valence electrons. The van der Waals surface area contributed by atoms with Gasteiger partial charge in [0.25, 0.3) is 5.56 Å². The van der Waals surface area contributed by atoms with E-state index in [0.29, 0.717) is 6.54 Å². The summed E-state index contributed by atoms with van der Waals surface area (Å²) in [5.74, 6) is 0.743. The van der Waals surface area contributed by atoms with E-state index in [4.69, 9.17) is 4.74 Å². The molecule has 0 unspecified atom stereocenters. The molecule has 0 saturated heterocycles. The lowest BCUT2D eigenvalue weighted by molar-refractivity contribution is 0.417.